The van der Waals surface area contributed by atoms with Crippen molar-refractivity contribution in [3.05, 3.63) is 63.5 Å². The van der Waals surface area contributed by atoms with E-state index in [9.17, 15) is 13.2 Å². The molecular formula is C18H14Br2N2O4S. The van der Waals surface area contributed by atoms with Crippen molar-refractivity contribution in [3.8, 4) is 5.75 Å². The van der Waals surface area contributed by atoms with Crippen molar-refractivity contribution < 1.29 is 17.9 Å². The highest BCUT2D eigenvalue weighted by Gasteiger charge is 2.11. The summed E-state index contributed by atoms with van der Waals surface area (Å²) >= 11 is 6.94. The molecule has 0 aromatic heterocycles. The highest BCUT2D eigenvalue weighted by atomic mass is 79.9. The molecule has 0 atom stereocenters. The third-order valence-electron chi connectivity index (χ3n) is 3.71. The molecule has 3 aromatic rings. The van der Waals surface area contributed by atoms with E-state index in [1.807, 2.05) is 24.3 Å². The van der Waals surface area contributed by atoms with Crippen LogP contribution in [0.25, 0.3) is 10.8 Å². The molecule has 0 heterocycles. The van der Waals surface area contributed by atoms with E-state index in [0.29, 0.717) is 11.4 Å². The summed E-state index contributed by atoms with van der Waals surface area (Å²) in [4.78, 5) is 12.1. The van der Waals surface area contributed by atoms with E-state index in [0.717, 1.165) is 19.7 Å². The maximum atomic E-state index is 12.1. The maximum absolute atomic E-state index is 12.1. The number of amides is 1. The van der Waals surface area contributed by atoms with Crippen LogP contribution in [0.3, 0.4) is 0 Å². The second kappa shape index (κ2) is 7.97. The van der Waals surface area contributed by atoms with E-state index >= 15 is 0 Å². The smallest absolute Gasteiger partial charge is 0.262 e. The first-order chi connectivity index (χ1) is 12.7. The standard InChI is InChI=1S/C18H14Br2N2O4S/c19-12-2-7-15-11(9-12)1-8-16(18(15)20)26-10-17(23)22-13-3-5-14(6-4-13)27(21,24)25/h1-9H,10H2,(H,22,23)(H2,21,24,25). The van der Waals surface area contributed by atoms with Crippen LogP contribution in [-0.4, -0.2) is 20.9 Å². The quantitative estimate of drug-likeness (QED) is 0.538. The van der Waals surface area contributed by atoms with Crippen LogP contribution in [0.1, 0.15) is 0 Å². The van der Waals surface area contributed by atoms with Gasteiger partial charge in [-0.3, -0.25) is 4.79 Å². The van der Waals surface area contributed by atoms with Crippen molar-refractivity contribution in [1.29, 1.82) is 0 Å². The van der Waals surface area contributed by atoms with Gasteiger partial charge in [-0.1, -0.05) is 28.1 Å². The number of halogens is 2. The molecule has 0 aliphatic rings. The van der Waals surface area contributed by atoms with Crippen molar-refractivity contribution in [2.45, 2.75) is 4.90 Å². The van der Waals surface area contributed by atoms with Crippen LogP contribution in [0.5, 0.6) is 5.75 Å². The summed E-state index contributed by atoms with van der Waals surface area (Å²) in [6, 6.07) is 15.1. The van der Waals surface area contributed by atoms with Gasteiger partial charge in [-0.15, -0.1) is 0 Å². The van der Waals surface area contributed by atoms with Gasteiger partial charge in [0.1, 0.15) is 5.75 Å². The molecule has 6 nitrogen and oxygen atoms in total. The summed E-state index contributed by atoms with van der Waals surface area (Å²) < 4.78 is 29.8. The van der Waals surface area contributed by atoms with Gasteiger partial charge in [-0.2, -0.15) is 0 Å². The predicted octanol–water partition coefficient (Wildman–Crippen LogP) is 4.03. The minimum atomic E-state index is -3.77. The first-order valence-corrected chi connectivity index (χ1v) is 10.8. The average molecular weight is 514 g/mol. The molecule has 3 aromatic carbocycles. The Balaban J connectivity index is 1.66. The second-order valence-corrected chi connectivity index (χ2v) is 8.92. The van der Waals surface area contributed by atoms with E-state index in [-0.39, 0.29) is 17.4 Å². The minimum absolute atomic E-state index is 0.0246. The van der Waals surface area contributed by atoms with Crippen LogP contribution in [-0.2, 0) is 14.8 Å². The van der Waals surface area contributed by atoms with E-state index in [1.165, 1.54) is 24.3 Å². The number of benzene rings is 3. The van der Waals surface area contributed by atoms with E-state index in [1.54, 1.807) is 6.07 Å². The van der Waals surface area contributed by atoms with Gasteiger partial charge in [-0.05, 0) is 69.2 Å². The van der Waals surface area contributed by atoms with Gasteiger partial charge >= 0.3 is 0 Å². The predicted molar refractivity (Wildman–Crippen MR) is 111 cm³/mol. The van der Waals surface area contributed by atoms with Crippen molar-refractivity contribution in [3.63, 3.8) is 0 Å². The molecule has 0 unspecified atom stereocenters. The lowest BCUT2D eigenvalue weighted by atomic mass is 10.1. The SMILES string of the molecule is NS(=O)(=O)c1ccc(NC(=O)COc2ccc3cc(Br)ccc3c2Br)cc1. The zero-order valence-corrected chi connectivity index (χ0v) is 17.8. The molecular weight excluding hydrogens is 500 g/mol. The number of nitrogens with two attached hydrogens (primary N) is 1. The first-order valence-electron chi connectivity index (χ1n) is 7.67. The lowest BCUT2D eigenvalue weighted by Crippen LogP contribution is -2.20. The fourth-order valence-corrected chi connectivity index (χ4v) is 3.92. The van der Waals surface area contributed by atoms with Gasteiger partial charge in [-0.25, -0.2) is 13.6 Å². The number of hydrogen-bond acceptors (Lipinski definition) is 4. The molecule has 0 saturated carbocycles. The molecule has 27 heavy (non-hydrogen) atoms. The van der Waals surface area contributed by atoms with Crippen LogP contribution < -0.4 is 15.2 Å². The Morgan fingerprint density at radius 1 is 1.04 bits per heavy atom. The van der Waals surface area contributed by atoms with Crippen molar-refractivity contribution in [2.24, 2.45) is 5.14 Å². The molecule has 0 bridgehead atoms. The monoisotopic (exact) mass is 512 g/mol. The zero-order chi connectivity index (χ0) is 19.6. The van der Waals surface area contributed by atoms with Crippen LogP contribution in [0.4, 0.5) is 5.69 Å². The third-order valence-corrected chi connectivity index (χ3v) is 5.95. The van der Waals surface area contributed by atoms with Crippen molar-refractivity contribution in [2.75, 3.05) is 11.9 Å². The number of fused-ring (bicyclic) bond motifs is 1. The Bertz CT molecular complexity index is 1120. The summed E-state index contributed by atoms with van der Waals surface area (Å²) in [5.74, 6) is 0.172. The minimum Gasteiger partial charge on any atom is -0.483 e. The number of ether oxygens (including phenoxy) is 1. The van der Waals surface area contributed by atoms with E-state index in [2.05, 4.69) is 37.2 Å². The molecule has 0 fully saturated rings. The number of rotatable bonds is 5. The first kappa shape index (κ1) is 19.8. The Kier molecular flexibility index (Phi) is 5.85. The summed E-state index contributed by atoms with van der Waals surface area (Å²) in [6.07, 6.45) is 0. The average Bonchev–Trinajstić information content (AvgIpc) is 2.61. The highest BCUT2D eigenvalue weighted by molar-refractivity contribution is 9.11. The van der Waals surface area contributed by atoms with Crippen LogP contribution in [0.2, 0.25) is 0 Å². The molecule has 3 N–H and O–H groups in total. The number of carbonyl (C=O) groups is 1. The molecule has 0 radical (unpaired) electrons. The second-order valence-electron chi connectivity index (χ2n) is 5.65. The molecule has 3 rings (SSSR count). The topological polar surface area (TPSA) is 98.5 Å². The number of primary sulfonamides is 1. The Labute approximate surface area is 173 Å². The van der Waals surface area contributed by atoms with Crippen molar-refractivity contribution in [1.82, 2.24) is 0 Å². The number of hydrogen-bond donors (Lipinski definition) is 2. The largest absolute Gasteiger partial charge is 0.483 e. The fourth-order valence-electron chi connectivity index (χ4n) is 2.42. The third kappa shape index (κ3) is 4.86. The number of carbonyl (C=O) groups excluding carboxylic acids is 1. The van der Waals surface area contributed by atoms with Crippen LogP contribution in [0.15, 0.2) is 68.4 Å². The lowest BCUT2D eigenvalue weighted by molar-refractivity contribution is -0.118. The van der Waals surface area contributed by atoms with Gasteiger partial charge in [0.15, 0.2) is 6.61 Å². The summed E-state index contributed by atoms with van der Waals surface area (Å²) in [5.41, 5.74) is 0.443. The van der Waals surface area contributed by atoms with E-state index < -0.39 is 10.0 Å². The molecule has 1 amide bonds. The van der Waals surface area contributed by atoms with Gasteiger partial charge in [0.05, 0.1) is 9.37 Å². The summed E-state index contributed by atoms with van der Waals surface area (Å²) in [7, 11) is -3.77. The van der Waals surface area contributed by atoms with Gasteiger partial charge < -0.3 is 10.1 Å². The Morgan fingerprint density at radius 3 is 2.41 bits per heavy atom. The van der Waals surface area contributed by atoms with E-state index in [4.69, 9.17) is 9.88 Å². The highest BCUT2D eigenvalue weighted by Crippen LogP contribution is 2.34. The molecule has 140 valence electrons. The summed E-state index contributed by atoms with van der Waals surface area (Å²) in [6.45, 7) is -0.197. The summed E-state index contributed by atoms with van der Waals surface area (Å²) in [5, 5.41) is 9.67. The maximum Gasteiger partial charge on any atom is 0.262 e. The molecule has 0 saturated heterocycles. The van der Waals surface area contributed by atoms with Crippen LogP contribution in [0, 0.1) is 0 Å². The van der Waals surface area contributed by atoms with Gasteiger partial charge in [0.2, 0.25) is 10.0 Å². The Hall–Kier alpha value is -1.94. The number of sulfonamides is 1. The lowest BCUT2D eigenvalue weighted by Gasteiger charge is -2.11. The molecule has 0 aliphatic carbocycles. The number of anilines is 1. The van der Waals surface area contributed by atoms with Crippen molar-refractivity contribution >= 4 is 64.3 Å². The fraction of sp³-hybridized carbons (Fsp3) is 0.0556. The van der Waals surface area contributed by atoms with Gasteiger partial charge in [0.25, 0.3) is 5.91 Å². The molecule has 0 spiro atoms. The Morgan fingerprint density at radius 2 is 1.74 bits per heavy atom. The van der Waals surface area contributed by atoms with Gasteiger partial charge in [0, 0.05) is 10.2 Å². The van der Waals surface area contributed by atoms with Crippen LogP contribution >= 0.6 is 31.9 Å². The zero-order valence-electron chi connectivity index (χ0n) is 13.8. The molecule has 0 aliphatic heterocycles. The number of nitrogens with one attached hydrogen (secondary N) is 1. The molecule has 9 heteroatoms. The normalized spacial score (nSPS) is 11.4.